The fraction of sp³-hybridized carbons (Fsp3) is 0.353. The van der Waals surface area contributed by atoms with Gasteiger partial charge in [0.05, 0.1) is 11.8 Å². The molecule has 0 saturated carbocycles. The van der Waals surface area contributed by atoms with Crippen LogP contribution in [0.25, 0.3) is 0 Å². The summed E-state index contributed by atoms with van der Waals surface area (Å²) in [6.07, 6.45) is 3.32. The number of nitrogens with zero attached hydrogens (tertiary/aromatic N) is 1. The molecule has 129 valence electrons. The zero-order valence-electron chi connectivity index (χ0n) is 14.3. The van der Waals surface area contributed by atoms with Gasteiger partial charge in [0.1, 0.15) is 11.4 Å². The third kappa shape index (κ3) is 5.84. The van der Waals surface area contributed by atoms with E-state index in [1.165, 1.54) is 0 Å². The second-order valence-corrected chi connectivity index (χ2v) is 6.02. The van der Waals surface area contributed by atoms with E-state index in [-0.39, 0.29) is 7.69 Å². The van der Waals surface area contributed by atoms with Crippen LogP contribution in [-0.2, 0) is 0 Å². The number of aliphatic hydroxyl groups is 1. The van der Waals surface area contributed by atoms with Gasteiger partial charge in [0.2, 0.25) is 0 Å². The number of pyridine rings is 1. The minimum Gasteiger partial charge on any atom is -0.481 e. The smallest absolute Gasteiger partial charge is 0.481 e. The molecule has 6 nitrogen and oxygen atoms in total. The van der Waals surface area contributed by atoms with Crippen molar-refractivity contribution < 1.29 is 24.6 Å². The van der Waals surface area contributed by atoms with Gasteiger partial charge in [0, 0.05) is 6.20 Å². The maximum absolute atomic E-state index is 10.2. The number of hydrogen-bond acceptors (Lipinski definition) is 6. The number of aromatic nitrogens is 1. The highest BCUT2D eigenvalue weighted by Gasteiger charge is 2.37. The predicted octanol–water partition coefficient (Wildman–Crippen LogP) is 2.31. The normalized spacial score (nSPS) is 11.1. The molecule has 1 aromatic heterocycles. The van der Waals surface area contributed by atoms with Crippen LogP contribution in [0.4, 0.5) is 0 Å². The monoisotopic (exact) mass is 332 g/mol. The molecule has 0 saturated heterocycles. The largest absolute Gasteiger partial charge is 0.482 e. The first-order valence-electron chi connectivity index (χ1n) is 7.39. The second kappa shape index (κ2) is 8.68. The van der Waals surface area contributed by atoms with E-state index in [9.17, 15) is 5.11 Å². The molecule has 0 bridgehead atoms. The van der Waals surface area contributed by atoms with E-state index in [1.54, 1.807) is 32.3 Å². The highest BCUT2D eigenvalue weighted by atomic mass is 16.5. The van der Waals surface area contributed by atoms with Crippen molar-refractivity contribution in [1.29, 1.82) is 0 Å². The quantitative estimate of drug-likeness (QED) is 0.728. The van der Waals surface area contributed by atoms with Gasteiger partial charge in [-0.3, -0.25) is 4.98 Å². The molecule has 0 aliphatic rings. The van der Waals surface area contributed by atoms with Crippen LogP contribution >= 0.6 is 0 Å². The molecule has 1 heterocycles. The molecule has 0 atom stereocenters. The van der Waals surface area contributed by atoms with Gasteiger partial charge < -0.3 is 24.6 Å². The molecule has 0 aliphatic carbocycles. The van der Waals surface area contributed by atoms with Crippen LogP contribution in [0, 0.1) is 0 Å². The Labute approximate surface area is 143 Å². The Hall–Kier alpha value is -2.09. The summed E-state index contributed by atoms with van der Waals surface area (Å²) in [5.41, 5.74) is -1.75. The zero-order valence-corrected chi connectivity index (χ0v) is 14.3. The van der Waals surface area contributed by atoms with E-state index < -0.39 is 11.2 Å². The Kier molecular flexibility index (Phi) is 7.22. The molecule has 2 aromatic rings. The number of rotatable bonds is 5. The van der Waals surface area contributed by atoms with Crippen molar-refractivity contribution in [3.8, 4) is 17.2 Å². The third-order valence-electron chi connectivity index (χ3n) is 3.55. The molecular formula is C17H23BNO5. The molecule has 2 rings (SSSR count). The lowest BCUT2D eigenvalue weighted by molar-refractivity contribution is -0.0912. The van der Waals surface area contributed by atoms with Gasteiger partial charge in [-0.25, -0.2) is 0 Å². The van der Waals surface area contributed by atoms with E-state index in [0.717, 1.165) is 0 Å². The zero-order chi connectivity index (χ0) is 18.2. The van der Waals surface area contributed by atoms with Gasteiger partial charge in [-0.1, -0.05) is 12.1 Å². The van der Waals surface area contributed by atoms with Gasteiger partial charge in [0.15, 0.2) is 11.5 Å². The Morgan fingerprint density at radius 3 is 2.04 bits per heavy atom. The van der Waals surface area contributed by atoms with E-state index in [0.29, 0.717) is 17.2 Å². The van der Waals surface area contributed by atoms with E-state index in [4.69, 9.17) is 19.5 Å². The Morgan fingerprint density at radius 1 is 0.958 bits per heavy atom. The molecule has 0 amide bonds. The Morgan fingerprint density at radius 2 is 1.54 bits per heavy atom. The SMILES string of the molecule is CC(C)(O)C(C)(C)Oc1ccccc1Oc1cccnc1.O[B]O. The molecule has 0 spiro atoms. The molecular weight excluding hydrogens is 309 g/mol. The van der Waals surface area contributed by atoms with Crippen LogP contribution in [0.2, 0.25) is 0 Å². The van der Waals surface area contributed by atoms with Crippen LogP contribution in [0.5, 0.6) is 17.2 Å². The Balaban J connectivity index is 0.000000891. The summed E-state index contributed by atoms with van der Waals surface area (Å²) in [5, 5.41) is 24.2. The van der Waals surface area contributed by atoms with Crippen LogP contribution in [0.15, 0.2) is 48.8 Å². The van der Waals surface area contributed by atoms with Gasteiger partial charge in [-0.2, -0.15) is 0 Å². The summed E-state index contributed by atoms with van der Waals surface area (Å²) in [6.45, 7) is 7.12. The molecule has 0 unspecified atom stereocenters. The second-order valence-electron chi connectivity index (χ2n) is 6.02. The molecule has 1 aromatic carbocycles. The van der Waals surface area contributed by atoms with E-state index >= 15 is 0 Å². The fourth-order valence-corrected chi connectivity index (χ4v) is 1.55. The minimum atomic E-state index is -0.992. The van der Waals surface area contributed by atoms with E-state index in [1.807, 2.05) is 44.2 Å². The van der Waals surface area contributed by atoms with Crippen molar-refractivity contribution in [2.45, 2.75) is 38.9 Å². The van der Waals surface area contributed by atoms with Gasteiger partial charge >= 0.3 is 7.69 Å². The summed E-state index contributed by atoms with van der Waals surface area (Å²) < 4.78 is 11.8. The van der Waals surface area contributed by atoms with Gasteiger partial charge in [-0.05, 0) is 52.0 Å². The lowest BCUT2D eigenvalue weighted by Crippen LogP contribution is -2.49. The van der Waals surface area contributed by atoms with Crippen LogP contribution in [0.3, 0.4) is 0 Å². The van der Waals surface area contributed by atoms with Crippen molar-refractivity contribution in [1.82, 2.24) is 4.98 Å². The summed E-state index contributed by atoms with van der Waals surface area (Å²) in [7, 11) is 0. The average molecular weight is 332 g/mol. The first-order chi connectivity index (χ1) is 11.2. The Bertz CT molecular complexity index is 614. The molecule has 24 heavy (non-hydrogen) atoms. The lowest BCUT2D eigenvalue weighted by atomic mass is 9.89. The summed E-state index contributed by atoms with van der Waals surface area (Å²) in [6, 6.07) is 11.0. The maximum atomic E-state index is 10.2. The highest BCUT2D eigenvalue weighted by Crippen LogP contribution is 2.36. The average Bonchev–Trinajstić information content (AvgIpc) is 2.50. The number of ether oxygens (including phenoxy) is 2. The van der Waals surface area contributed by atoms with Gasteiger partial charge in [-0.15, -0.1) is 0 Å². The van der Waals surface area contributed by atoms with Crippen molar-refractivity contribution in [2.75, 3.05) is 0 Å². The summed E-state index contributed by atoms with van der Waals surface area (Å²) in [4.78, 5) is 4.02. The summed E-state index contributed by atoms with van der Waals surface area (Å²) >= 11 is 0. The first-order valence-corrected chi connectivity index (χ1v) is 7.39. The molecule has 1 radical (unpaired) electrons. The number of hydrogen-bond donors (Lipinski definition) is 3. The predicted molar refractivity (Wildman–Crippen MR) is 91.9 cm³/mol. The van der Waals surface area contributed by atoms with Gasteiger partial charge in [0.25, 0.3) is 0 Å². The van der Waals surface area contributed by atoms with Crippen LogP contribution < -0.4 is 9.47 Å². The molecule has 0 aliphatic heterocycles. The highest BCUT2D eigenvalue weighted by molar-refractivity contribution is 6.13. The maximum Gasteiger partial charge on any atom is 0.482 e. The number of benzene rings is 1. The van der Waals surface area contributed by atoms with Crippen LogP contribution in [-0.4, -0.2) is 39.0 Å². The van der Waals surface area contributed by atoms with Crippen molar-refractivity contribution in [3.05, 3.63) is 48.8 Å². The van der Waals surface area contributed by atoms with Crippen molar-refractivity contribution in [2.24, 2.45) is 0 Å². The molecule has 3 N–H and O–H groups in total. The standard InChI is InChI=1S/C17H21NO3.BH2O2/c1-16(2,19)17(3,4)21-15-10-6-5-9-14(15)20-13-8-7-11-18-12-13;2-1-3/h5-12,19H,1-4H3;2-3H. The topological polar surface area (TPSA) is 92.0 Å². The summed E-state index contributed by atoms with van der Waals surface area (Å²) in [5.74, 6) is 1.80. The first kappa shape index (κ1) is 20.0. The molecule has 7 heteroatoms. The van der Waals surface area contributed by atoms with E-state index in [2.05, 4.69) is 4.98 Å². The lowest BCUT2D eigenvalue weighted by Gasteiger charge is -2.37. The third-order valence-corrected chi connectivity index (χ3v) is 3.55. The molecule has 0 fully saturated rings. The fourth-order valence-electron chi connectivity index (χ4n) is 1.55. The van der Waals surface area contributed by atoms with Crippen molar-refractivity contribution in [3.63, 3.8) is 0 Å². The number of para-hydroxylation sites is 2. The van der Waals surface area contributed by atoms with Crippen LogP contribution in [0.1, 0.15) is 27.7 Å². The minimum absolute atomic E-state index is 0. The van der Waals surface area contributed by atoms with Crippen molar-refractivity contribution >= 4 is 7.69 Å².